The lowest BCUT2D eigenvalue weighted by atomic mass is 10.0. The zero-order valence-corrected chi connectivity index (χ0v) is 12.1. The van der Waals surface area contributed by atoms with E-state index in [0.717, 1.165) is 24.2 Å². The quantitative estimate of drug-likeness (QED) is 0.658. The Morgan fingerprint density at radius 2 is 2.00 bits per heavy atom. The molecule has 1 unspecified atom stereocenters. The van der Waals surface area contributed by atoms with Gasteiger partial charge in [-0.05, 0) is 24.6 Å². The van der Waals surface area contributed by atoms with Crippen molar-refractivity contribution < 1.29 is 0 Å². The topological polar surface area (TPSA) is 55.9 Å². The second kappa shape index (κ2) is 6.39. The second-order valence-corrected chi connectivity index (χ2v) is 5.03. The normalized spacial score (nSPS) is 12.6. The maximum absolute atomic E-state index is 6.24. The van der Waals surface area contributed by atoms with Crippen LogP contribution < -0.4 is 11.3 Å². The molecule has 2 aromatic rings. The van der Waals surface area contributed by atoms with Crippen LogP contribution in [0.2, 0.25) is 10.0 Å². The monoisotopic (exact) mass is 298 g/mol. The third-order valence-electron chi connectivity index (χ3n) is 2.94. The van der Waals surface area contributed by atoms with Crippen molar-refractivity contribution in [2.45, 2.75) is 25.9 Å². The van der Waals surface area contributed by atoms with E-state index in [4.69, 9.17) is 29.0 Å². The lowest BCUT2D eigenvalue weighted by molar-refractivity contribution is 0.521. The van der Waals surface area contributed by atoms with Crippen LogP contribution in [-0.4, -0.2) is 9.78 Å². The molecule has 0 aliphatic heterocycles. The lowest BCUT2D eigenvalue weighted by Gasteiger charge is -2.20. The van der Waals surface area contributed by atoms with Gasteiger partial charge in [0.25, 0.3) is 0 Å². The molecule has 6 heteroatoms. The Bertz CT molecular complexity index is 533. The fourth-order valence-corrected chi connectivity index (χ4v) is 2.71. The Morgan fingerprint density at radius 3 is 2.58 bits per heavy atom. The summed E-state index contributed by atoms with van der Waals surface area (Å²) in [5.74, 6) is 5.69. The number of aryl methyl sites for hydroxylation is 1. The third kappa shape index (κ3) is 2.92. The molecule has 0 fully saturated rings. The summed E-state index contributed by atoms with van der Waals surface area (Å²) in [7, 11) is 0. The summed E-state index contributed by atoms with van der Waals surface area (Å²) in [5.41, 5.74) is 4.48. The number of hydrogen-bond donors (Lipinski definition) is 2. The number of nitrogens with two attached hydrogens (primary N) is 1. The van der Waals surface area contributed by atoms with Gasteiger partial charge in [0.15, 0.2) is 0 Å². The number of rotatable bonds is 5. The molecule has 19 heavy (non-hydrogen) atoms. The van der Waals surface area contributed by atoms with Crippen LogP contribution in [0.25, 0.3) is 0 Å². The zero-order chi connectivity index (χ0) is 13.8. The Morgan fingerprint density at radius 1 is 1.32 bits per heavy atom. The molecule has 0 saturated heterocycles. The number of hydrogen-bond acceptors (Lipinski definition) is 3. The number of benzene rings is 1. The minimum atomic E-state index is -0.282. The molecule has 0 saturated carbocycles. The molecule has 0 aliphatic carbocycles. The molecule has 1 heterocycles. The molecule has 4 nitrogen and oxygen atoms in total. The Balaban J connectivity index is 2.47. The molecule has 102 valence electrons. The van der Waals surface area contributed by atoms with Gasteiger partial charge in [0.1, 0.15) is 0 Å². The van der Waals surface area contributed by atoms with Crippen molar-refractivity contribution in [3.05, 3.63) is 51.8 Å². The van der Waals surface area contributed by atoms with Gasteiger partial charge in [0, 0.05) is 28.4 Å². The van der Waals surface area contributed by atoms with E-state index in [1.165, 1.54) is 0 Å². The van der Waals surface area contributed by atoms with Crippen molar-refractivity contribution in [3.63, 3.8) is 0 Å². The first-order valence-corrected chi connectivity index (χ1v) is 6.86. The van der Waals surface area contributed by atoms with Crippen LogP contribution in [0.3, 0.4) is 0 Å². The van der Waals surface area contributed by atoms with Crippen molar-refractivity contribution in [3.8, 4) is 0 Å². The fourth-order valence-electron chi connectivity index (χ4n) is 2.09. The molecular weight excluding hydrogens is 283 g/mol. The third-order valence-corrected chi connectivity index (χ3v) is 3.59. The largest absolute Gasteiger partial charge is 0.271 e. The summed E-state index contributed by atoms with van der Waals surface area (Å²) in [4.78, 5) is 0. The molecule has 1 aromatic carbocycles. The number of hydrazine groups is 1. The van der Waals surface area contributed by atoms with Crippen LogP contribution in [0.4, 0.5) is 0 Å². The van der Waals surface area contributed by atoms with Crippen molar-refractivity contribution in [1.82, 2.24) is 15.2 Å². The van der Waals surface area contributed by atoms with Gasteiger partial charge in [0.05, 0.1) is 11.7 Å². The van der Waals surface area contributed by atoms with Gasteiger partial charge in [-0.15, -0.1) is 0 Å². The van der Waals surface area contributed by atoms with Gasteiger partial charge in [0.2, 0.25) is 0 Å². The predicted molar refractivity (Wildman–Crippen MR) is 78.1 cm³/mol. The number of nitrogens with one attached hydrogen (secondary N) is 1. The van der Waals surface area contributed by atoms with Gasteiger partial charge in [-0.3, -0.25) is 10.5 Å². The summed E-state index contributed by atoms with van der Waals surface area (Å²) in [5, 5.41) is 5.46. The smallest absolute Gasteiger partial charge is 0.0907 e. The van der Waals surface area contributed by atoms with E-state index in [-0.39, 0.29) is 6.04 Å². The maximum atomic E-state index is 6.24. The molecule has 0 aliphatic rings. The Labute approximate surface area is 122 Å². The number of halogens is 2. The fraction of sp³-hybridized carbons (Fsp3) is 0.308. The predicted octanol–water partition coefficient (Wildman–Crippen LogP) is 3.15. The van der Waals surface area contributed by atoms with Crippen LogP contribution in [0.15, 0.2) is 30.5 Å². The average molecular weight is 299 g/mol. The minimum absolute atomic E-state index is 0.282. The van der Waals surface area contributed by atoms with E-state index in [1.807, 2.05) is 16.8 Å². The summed E-state index contributed by atoms with van der Waals surface area (Å²) >= 11 is 12.5. The van der Waals surface area contributed by atoms with E-state index in [2.05, 4.69) is 17.4 Å². The van der Waals surface area contributed by atoms with Crippen LogP contribution in [0.1, 0.15) is 30.6 Å². The zero-order valence-electron chi connectivity index (χ0n) is 10.6. The minimum Gasteiger partial charge on any atom is -0.271 e. The first kappa shape index (κ1) is 14.3. The number of aromatic nitrogens is 2. The average Bonchev–Trinajstić information content (AvgIpc) is 2.83. The highest BCUT2D eigenvalue weighted by molar-refractivity contribution is 6.36. The Kier molecular flexibility index (Phi) is 4.82. The van der Waals surface area contributed by atoms with Crippen LogP contribution in [-0.2, 0) is 6.54 Å². The lowest BCUT2D eigenvalue weighted by Crippen LogP contribution is -2.31. The standard InChI is InChI=1S/C13H16Cl2N4/c1-2-8-19-11(6-7-17-19)13(18-16)12-9(14)4-3-5-10(12)15/h3-7,13,18H,2,8,16H2,1H3. The molecular formula is C13H16Cl2N4. The highest BCUT2D eigenvalue weighted by Gasteiger charge is 2.21. The maximum Gasteiger partial charge on any atom is 0.0907 e. The number of nitrogens with zero attached hydrogens (tertiary/aromatic N) is 2. The Hall–Kier alpha value is -1.07. The van der Waals surface area contributed by atoms with Crippen LogP contribution in [0, 0.1) is 0 Å². The molecule has 0 amide bonds. The molecule has 1 atom stereocenters. The van der Waals surface area contributed by atoms with Crippen molar-refractivity contribution >= 4 is 23.2 Å². The van der Waals surface area contributed by atoms with Gasteiger partial charge in [-0.2, -0.15) is 5.10 Å². The highest BCUT2D eigenvalue weighted by atomic mass is 35.5. The summed E-state index contributed by atoms with van der Waals surface area (Å²) < 4.78 is 1.91. The molecule has 0 bridgehead atoms. The van der Waals surface area contributed by atoms with Crippen LogP contribution >= 0.6 is 23.2 Å². The van der Waals surface area contributed by atoms with Gasteiger partial charge < -0.3 is 0 Å². The van der Waals surface area contributed by atoms with Gasteiger partial charge in [-0.1, -0.05) is 36.2 Å². The van der Waals surface area contributed by atoms with Crippen molar-refractivity contribution in [1.29, 1.82) is 0 Å². The summed E-state index contributed by atoms with van der Waals surface area (Å²) in [6.07, 6.45) is 2.74. The van der Waals surface area contributed by atoms with E-state index < -0.39 is 0 Å². The molecule has 1 aromatic heterocycles. The first-order chi connectivity index (χ1) is 9.19. The second-order valence-electron chi connectivity index (χ2n) is 4.21. The molecule has 2 rings (SSSR count). The molecule has 0 spiro atoms. The van der Waals surface area contributed by atoms with E-state index in [9.17, 15) is 0 Å². The summed E-state index contributed by atoms with van der Waals surface area (Å²) in [6, 6.07) is 7.04. The highest BCUT2D eigenvalue weighted by Crippen LogP contribution is 2.33. The van der Waals surface area contributed by atoms with Gasteiger partial charge in [-0.25, -0.2) is 5.43 Å². The van der Waals surface area contributed by atoms with Crippen molar-refractivity contribution in [2.24, 2.45) is 5.84 Å². The molecule has 3 N–H and O–H groups in total. The van der Waals surface area contributed by atoms with E-state index >= 15 is 0 Å². The van der Waals surface area contributed by atoms with Crippen LogP contribution in [0.5, 0.6) is 0 Å². The summed E-state index contributed by atoms with van der Waals surface area (Å²) in [6.45, 7) is 2.92. The molecule has 0 radical (unpaired) electrons. The van der Waals surface area contributed by atoms with Gasteiger partial charge >= 0.3 is 0 Å². The SMILES string of the molecule is CCCn1nccc1C(NN)c1c(Cl)cccc1Cl. The van der Waals surface area contributed by atoms with E-state index in [0.29, 0.717) is 10.0 Å². The van der Waals surface area contributed by atoms with Crippen molar-refractivity contribution in [2.75, 3.05) is 0 Å². The first-order valence-electron chi connectivity index (χ1n) is 6.10. The van der Waals surface area contributed by atoms with E-state index in [1.54, 1.807) is 18.3 Å².